The molecule has 1 fully saturated rings. The number of hydrogen-bond acceptors (Lipinski definition) is 4. The minimum atomic E-state index is 0.0965. The van der Waals surface area contributed by atoms with Crippen molar-refractivity contribution in [2.24, 2.45) is 0 Å². The third kappa shape index (κ3) is 3.74. The van der Waals surface area contributed by atoms with Crippen LogP contribution >= 0.6 is 0 Å². The fourth-order valence-corrected chi connectivity index (χ4v) is 1.83. The Morgan fingerprint density at radius 3 is 2.86 bits per heavy atom. The van der Waals surface area contributed by atoms with Gasteiger partial charge < -0.3 is 15.0 Å². The highest BCUT2D eigenvalue weighted by atomic mass is 16.5. The Bertz CT molecular complexity index is 197. The van der Waals surface area contributed by atoms with Crippen LogP contribution in [0.25, 0.3) is 0 Å². The molecule has 4 nitrogen and oxygen atoms in total. The molecule has 1 aliphatic rings. The predicted molar refractivity (Wildman–Crippen MR) is 55.4 cm³/mol. The second kappa shape index (κ2) is 5.44. The molecule has 82 valence electrons. The number of piperidine rings is 1. The van der Waals surface area contributed by atoms with Gasteiger partial charge in [-0.05, 0) is 27.4 Å². The topological polar surface area (TPSA) is 41.6 Å². The first-order valence-electron chi connectivity index (χ1n) is 5.08. The van der Waals surface area contributed by atoms with E-state index in [0.29, 0.717) is 6.04 Å². The normalized spacial score (nSPS) is 29.1. The molecule has 0 aromatic rings. The molecule has 1 rings (SSSR count). The Hall–Kier alpha value is -0.450. The maximum Gasteiger partial charge on any atom is 0.155 e. The van der Waals surface area contributed by atoms with Gasteiger partial charge in [-0.2, -0.15) is 0 Å². The van der Waals surface area contributed by atoms with Gasteiger partial charge >= 0.3 is 0 Å². The van der Waals surface area contributed by atoms with Crippen molar-refractivity contribution < 1.29 is 9.53 Å². The number of carbonyl (C=O) groups is 1. The summed E-state index contributed by atoms with van der Waals surface area (Å²) < 4.78 is 5.52. The molecule has 0 radical (unpaired) electrons. The lowest BCUT2D eigenvalue weighted by molar-refractivity contribution is -0.124. The number of ether oxygens (including phenoxy) is 1. The van der Waals surface area contributed by atoms with E-state index < -0.39 is 0 Å². The molecule has 2 unspecified atom stereocenters. The smallest absolute Gasteiger partial charge is 0.155 e. The molecule has 2 atom stereocenters. The first-order chi connectivity index (χ1) is 6.61. The Morgan fingerprint density at radius 1 is 1.57 bits per heavy atom. The highest BCUT2D eigenvalue weighted by Gasteiger charge is 2.24. The maximum atomic E-state index is 10.8. The molecule has 1 saturated heterocycles. The van der Waals surface area contributed by atoms with Crippen molar-refractivity contribution in [2.75, 3.05) is 33.8 Å². The minimum Gasteiger partial charge on any atom is -0.369 e. The fourth-order valence-electron chi connectivity index (χ4n) is 1.83. The molecule has 0 aliphatic carbocycles. The third-order valence-electron chi connectivity index (χ3n) is 2.53. The zero-order valence-corrected chi connectivity index (χ0v) is 9.25. The highest BCUT2D eigenvalue weighted by Crippen LogP contribution is 2.12. The van der Waals surface area contributed by atoms with E-state index in [0.717, 1.165) is 19.5 Å². The zero-order valence-electron chi connectivity index (χ0n) is 9.25. The van der Waals surface area contributed by atoms with Crippen molar-refractivity contribution in [2.45, 2.75) is 25.5 Å². The summed E-state index contributed by atoms with van der Waals surface area (Å²) in [5.74, 6) is 0.0965. The Kier molecular flexibility index (Phi) is 4.51. The first-order valence-corrected chi connectivity index (χ1v) is 5.08. The summed E-state index contributed by atoms with van der Waals surface area (Å²) in [7, 11) is 4.04. The van der Waals surface area contributed by atoms with Crippen molar-refractivity contribution in [3.8, 4) is 0 Å². The summed E-state index contributed by atoms with van der Waals surface area (Å²) in [5.41, 5.74) is 0. The SMILES string of the molecule is CNC1CC(OCC(C)=O)CN(C)C1. The van der Waals surface area contributed by atoms with E-state index >= 15 is 0 Å². The van der Waals surface area contributed by atoms with Crippen LogP contribution in [0.15, 0.2) is 0 Å². The highest BCUT2D eigenvalue weighted by molar-refractivity contribution is 5.76. The molecular formula is C10H20N2O2. The van der Waals surface area contributed by atoms with Gasteiger partial charge in [-0.25, -0.2) is 0 Å². The van der Waals surface area contributed by atoms with Crippen LogP contribution in [0.5, 0.6) is 0 Å². The van der Waals surface area contributed by atoms with Gasteiger partial charge in [0.2, 0.25) is 0 Å². The van der Waals surface area contributed by atoms with E-state index in [9.17, 15) is 4.79 Å². The maximum absolute atomic E-state index is 10.8. The number of Topliss-reactive ketones (excluding diaryl/α,β-unsaturated/α-hetero) is 1. The van der Waals surface area contributed by atoms with Gasteiger partial charge in [-0.1, -0.05) is 0 Å². The predicted octanol–water partition coefficient (Wildman–Crippen LogP) is -0.116. The number of nitrogens with zero attached hydrogens (tertiary/aromatic N) is 1. The number of likely N-dealkylation sites (N-methyl/N-ethyl adjacent to an activating group) is 2. The van der Waals surface area contributed by atoms with Gasteiger partial charge in [0.1, 0.15) is 6.61 Å². The number of ketones is 1. The van der Waals surface area contributed by atoms with Crippen LogP contribution in [0.1, 0.15) is 13.3 Å². The lowest BCUT2D eigenvalue weighted by Gasteiger charge is -2.35. The van der Waals surface area contributed by atoms with Crippen molar-refractivity contribution in [3.63, 3.8) is 0 Å². The molecule has 0 aromatic heterocycles. The van der Waals surface area contributed by atoms with E-state index in [1.807, 2.05) is 7.05 Å². The van der Waals surface area contributed by atoms with Gasteiger partial charge in [-0.3, -0.25) is 4.79 Å². The number of rotatable bonds is 4. The standard InChI is InChI=1S/C10H20N2O2/c1-8(13)7-14-10-4-9(11-2)5-12(3)6-10/h9-11H,4-7H2,1-3H3. The largest absolute Gasteiger partial charge is 0.369 e. The zero-order chi connectivity index (χ0) is 10.6. The quantitative estimate of drug-likeness (QED) is 0.687. The van der Waals surface area contributed by atoms with Crippen LogP contribution < -0.4 is 5.32 Å². The van der Waals surface area contributed by atoms with Gasteiger partial charge in [0.15, 0.2) is 5.78 Å². The summed E-state index contributed by atoms with van der Waals surface area (Å²) in [6.45, 7) is 3.78. The third-order valence-corrected chi connectivity index (χ3v) is 2.53. The molecule has 0 saturated carbocycles. The first kappa shape index (κ1) is 11.6. The Labute approximate surface area is 85.6 Å². The average Bonchev–Trinajstić information content (AvgIpc) is 2.14. The van der Waals surface area contributed by atoms with Gasteiger partial charge in [-0.15, -0.1) is 0 Å². The summed E-state index contributed by atoms with van der Waals surface area (Å²) in [5, 5.41) is 3.25. The van der Waals surface area contributed by atoms with E-state index in [1.54, 1.807) is 6.92 Å². The van der Waals surface area contributed by atoms with Gasteiger partial charge in [0, 0.05) is 19.1 Å². The summed E-state index contributed by atoms with van der Waals surface area (Å²) in [4.78, 5) is 13.0. The fraction of sp³-hybridized carbons (Fsp3) is 0.900. The van der Waals surface area contributed by atoms with Crippen LogP contribution in [0.4, 0.5) is 0 Å². The van der Waals surface area contributed by atoms with Crippen LogP contribution in [-0.4, -0.2) is 56.6 Å². The van der Waals surface area contributed by atoms with E-state index in [4.69, 9.17) is 4.74 Å². The summed E-state index contributed by atoms with van der Waals surface area (Å²) >= 11 is 0. The Morgan fingerprint density at radius 2 is 2.29 bits per heavy atom. The number of carbonyl (C=O) groups excluding carboxylic acids is 1. The van der Waals surface area contributed by atoms with E-state index in [2.05, 4.69) is 17.3 Å². The summed E-state index contributed by atoms with van der Waals surface area (Å²) in [6.07, 6.45) is 1.18. The minimum absolute atomic E-state index is 0.0965. The number of nitrogens with one attached hydrogen (secondary N) is 1. The number of likely N-dealkylation sites (tertiary alicyclic amines) is 1. The molecule has 1 heterocycles. The second-order valence-corrected chi connectivity index (χ2v) is 4.08. The van der Waals surface area contributed by atoms with Crippen LogP contribution in [0.3, 0.4) is 0 Å². The molecule has 0 spiro atoms. The van der Waals surface area contributed by atoms with Gasteiger partial charge in [0.25, 0.3) is 0 Å². The molecule has 4 heteroatoms. The van der Waals surface area contributed by atoms with Crippen LogP contribution in [0.2, 0.25) is 0 Å². The molecule has 1 N–H and O–H groups in total. The van der Waals surface area contributed by atoms with Crippen molar-refractivity contribution in [1.29, 1.82) is 0 Å². The average molecular weight is 200 g/mol. The molecule has 0 aromatic carbocycles. The van der Waals surface area contributed by atoms with Gasteiger partial charge in [0.05, 0.1) is 6.10 Å². The van der Waals surface area contributed by atoms with E-state index in [1.165, 1.54) is 0 Å². The lowest BCUT2D eigenvalue weighted by atomic mass is 10.0. The molecular weight excluding hydrogens is 180 g/mol. The van der Waals surface area contributed by atoms with Crippen molar-refractivity contribution in [1.82, 2.24) is 10.2 Å². The number of hydrogen-bond donors (Lipinski definition) is 1. The molecule has 0 amide bonds. The Balaban J connectivity index is 2.33. The van der Waals surface area contributed by atoms with Crippen LogP contribution in [0, 0.1) is 0 Å². The lowest BCUT2D eigenvalue weighted by Crippen LogP contribution is -2.49. The molecule has 1 aliphatic heterocycles. The van der Waals surface area contributed by atoms with Crippen LogP contribution in [-0.2, 0) is 9.53 Å². The van der Waals surface area contributed by atoms with E-state index in [-0.39, 0.29) is 18.5 Å². The van der Waals surface area contributed by atoms with Crippen molar-refractivity contribution in [3.05, 3.63) is 0 Å². The summed E-state index contributed by atoms with van der Waals surface area (Å²) in [6, 6.07) is 0.478. The molecule has 14 heavy (non-hydrogen) atoms. The second-order valence-electron chi connectivity index (χ2n) is 4.08. The monoisotopic (exact) mass is 200 g/mol. The van der Waals surface area contributed by atoms with Crippen molar-refractivity contribution >= 4 is 5.78 Å². The molecule has 0 bridgehead atoms.